The third-order valence-electron chi connectivity index (χ3n) is 3.52. The molecular formula is C13H20N3O5. The van der Waals surface area contributed by atoms with Gasteiger partial charge in [0.15, 0.2) is 11.9 Å². The van der Waals surface area contributed by atoms with Crippen LogP contribution in [0.5, 0.6) is 0 Å². The van der Waals surface area contributed by atoms with E-state index in [2.05, 4.69) is 0 Å². The first-order chi connectivity index (χ1) is 9.58. The topological polar surface area (TPSA) is 133 Å². The van der Waals surface area contributed by atoms with Gasteiger partial charge in [0.2, 0.25) is 17.7 Å². The van der Waals surface area contributed by atoms with Crippen LogP contribution in [-0.2, 0) is 23.9 Å². The summed E-state index contributed by atoms with van der Waals surface area (Å²) in [6.07, 6.45) is 0.229. The first-order valence-electron chi connectivity index (χ1n) is 6.41. The van der Waals surface area contributed by atoms with E-state index in [1.54, 1.807) is 13.8 Å². The van der Waals surface area contributed by atoms with Crippen LogP contribution >= 0.6 is 0 Å². The number of ketones is 1. The van der Waals surface area contributed by atoms with Crippen molar-refractivity contribution in [3.05, 3.63) is 6.42 Å². The molecule has 0 saturated carbocycles. The SMILES string of the molecule is CN(C(=O)[CH]CC(C)(C)C(N)=O)C1C(=O)COC1C(N)=O. The lowest BCUT2D eigenvalue weighted by molar-refractivity contribution is -0.137. The van der Waals surface area contributed by atoms with Gasteiger partial charge >= 0.3 is 0 Å². The Balaban J connectivity index is 2.71. The number of likely N-dealkylation sites (N-methyl/N-ethyl adjacent to an activating group) is 1. The van der Waals surface area contributed by atoms with Crippen molar-refractivity contribution in [2.75, 3.05) is 13.7 Å². The van der Waals surface area contributed by atoms with Crippen LogP contribution in [0.15, 0.2) is 0 Å². The lowest BCUT2D eigenvalue weighted by Crippen LogP contribution is -2.50. The number of Topliss-reactive ketones (excluding diaryl/α,β-unsaturated/α-hetero) is 1. The highest BCUT2D eigenvalue weighted by atomic mass is 16.5. The maximum atomic E-state index is 12.1. The number of ether oxygens (including phenoxy) is 1. The van der Waals surface area contributed by atoms with E-state index in [4.69, 9.17) is 16.2 Å². The molecule has 4 N–H and O–H groups in total. The molecule has 8 heteroatoms. The molecule has 21 heavy (non-hydrogen) atoms. The Morgan fingerprint density at radius 3 is 2.43 bits per heavy atom. The van der Waals surface area contributed by atoms with Crippen LogP contribution in [0.2, 0.25) is 0 Å². The lowest BCUT2D eigenvalue weighted by atomic mass is 9.87. The van der Waals surface area contributed by atoms with Crippen molar-refractivity contribution in [2.24, 2.45) is 16.9 Å². The summed E-state index contributed by atoms with van der Waals surface area (Å²) >= 11 is 0. The van der Waals surface area contributed by atoms with Gasteiger partial charge in [-0.3, -0.25) is 19.2 Å². The van der Waals surface area contributed by atoms with Crippen LogP contribution in [0.25, 0.3) is 0 Å². The fraction of sp³-hybridized carbons (Fsp3) is 0.615. The molecule has 0 aliphatic carbocycles. The van der Waals surface area contributed by atoms with Crippen LogP contribution in [0, 0.1) is 11.8 Å². The number of hydrogen-bond donors (Lipinski definition) is 2. The summed E-state index contributed by atoms with van der Waals surface area (Å²) < 4.78 is 4.99. The number of nitrogens with two attached hydrogens (primary N) is 2. The number of carbonyl (C=O) groups excluding carboxylic acids is 4. The molecule has 0 bridgehead atoms. The van der Waals surface area contributed by atoms with E-state index in [1.807, 2.05) is 0 Å². The number of carbonyl (C=O) groups is 4. The molecule has 1 aliphatic rings. The molecule has 3 amide bonds. The summed E-state index contributed by atoms with van der Waals surface area (Å²) in [6, 6.07) is -1.04. The normalized spacial score (nSPS) is 22.1. The first kappa shape index (κ1) is 17.1. The average molecular weight is 298 g/mol. The summed E-state index contributed by atoms with van der Waals surface area (Å²) in [5, 5.41) is 0. The highest BCUT2D eigenvalue weighted by Gasteiger charge is 2.43. The lowest BCUT2D eigenvalue weighted by Gasteiger charge is -2.27. The standard InChI is InChI=1S/C13H20N3O5/c1-13(2,12(15)20)5-4-8(18)16(3)9-7(17)6-21-10(9)11(14)19/h4,9-10H,5-6H2,1-3H3,(H2,14,19)(H2,15,20). The quantitative estimate of drug-likeness (QED) is 0.607. The van der Waals surface area contributed by atoms with Gasteiger partial charge in [0.1, 0.15) is 12.6 Å². The molecule has 1 fully saturated rings. The van der Waals surface area contributed by atoms with Gasteiger partial charge in [-0.25, -0.2) is 0 Å². The second-order valence-electron chi connectivity index (χ2n) is 5.65. The third-order valence-corrected chi connectivity index (χ3v) is 3.52. The molecule has 0 aromatic rings. The summed E-state index contributed by atoms with van der Waals surface area (Å²) in [4.78, 5) is 47.3. The minimum Gasteiger partial charge on any atom is -0.369 e. The molecule has 1 saturated heterocycles. The summed E-state index contributed by atoms with van der Waals surface area (Å²) in [5.74, 6) is -2.23. The molecule has 2 atom stereocenters. The Morgan fingerprint density at radius 1 is 1.38 bits per heavy atom. The Bertz CT molecular complexity index is 474. The van der Waals surface area contributed by atoms with E-state index < -0.39 is 41.1 Å². The fourth-order valence-corrected chi connectivity index (χ4v) is 1.90. The highest BCUT2D eigenvalue weighted by molar-refractivity contribution is 5.99. The van der Waals surface area contributed by atoms with Crippen molar-refractivity contribution in [2.45, 2.75) is 32.4 Å². The van der Waals surface area contributed by atoms with E-state index >= 15 is 0 Å². The second kappa shape index (κ2) is 6.21. The van der Waals surface area contributed by atoms with E-state index in [9.17, 15) is 19.2 Å². The zero-order valence-electron chi connectivity index (χ0n) is 12.3. The number of amides is 3. The zero-order valence-corrected chi connectivity index (χ0v) is 12.3. The van der Waals surface area contributed by atoms with Crippen molar-refractivity contribution in [1.29, 1.82) is 0 Å². The maximum Gasteiger partial charge on any atom is 0.249 e. The summed E-state index contributed by atoms with van der Waals surface area (Å²) in [7, 11) is 1.38. The predicted octanol–water partition coefficient (Wildman–Crippen LogP) is -1.63. The largest absolute Gasteiger partial charge is 0.369 e. The minimum atomic E-state index is -1.15. The van der Waals surface area contributed by atoms with Crippen LogP contribution in [0.3, 0.4) is 0 Å². The second-order valence-corrected chi connectivity index (χ2v) is 5.65. The van der Waals surface area contributed by atoms with Crippen LogP contribution in [0.4, 0.5) is 0 Å². The molecule has 0 aromatic heterocycles. The molecule has 1 aliphatic heterocycles. The fourth-order valence-electron chi connectivity index (χ4n) is 1.90. The third kappa shape index (κ3) is 3.78. The van der Waals surface area contributed by atoms with Crippen molar-refractivity contribution in [3.63, 3.8) is 0 Å². The van der Waals surface area contributed by atoms with Gasteiger partial charge in [0.05, 0.1) is 6.42 Å². The first-order valence-corrected chi connectivity index (χ1v) is 6.41. The molecule has 2 unspecified atom stereocenters. The van der Waals surface area contributed by atoms with Crippen molar-refractivity contribution in [1.82, 2.24) is 4.90 Å². The molecule has 0 spiro atoms. The smallest absolute Gasteiger partial charge is 0.249 e. The van der Waals surface area contributed by atoms with Crippen LogP contribution in [-0.4, -0.2) is 54.2 Å². The van der Waals surface area contributed by atoms with Crippen molar-refractivity contribution in [3.8, 4) is 0 Å². The highest BCUT2D eigenvalue weighted by Crippen LogP contribution is 2.23. The minimum absolute atomic E-state index is 0.120. The average Bonchev–Trinajstić information content (AvgIpc) is 2.77. The summed E-state index contributed by atoms with van der Waals surface area (Å²) in [5.41, 5.74) is 9.49. The van der Waals surface area contributed by atoms with E-state index in [1.165, 1.54) is 13.5 Å². The number of primary amides is 2. The van der Waals surface area contributed by atoms with Gasteiger partial charge in [0.25, 0.3) is 0 Å². The summed E-state index contributed by atoms with van der Waals surface area (Å²) in [6.45, 7) is 2.95. The van der Waals surface area contributed by atoms with E-state index in [-0.39, 0.29) is 13.0 Å². The Hall–Kier alpha value is -1.96. The molecule has 8 nitrogen and oxygen atoms in total. The molecular weight excluding hydrogens is 278 g/mol. The molecule has 1 rings (SSSR count). The van der Waals surface area contributed by atoms with Gasteiger partial charge in [-0.2, -0.15) is 0 Å². The van der Waals surface area contributed by atoms with Gasteiger partial charge in [-0.05, 0) is 6.42 Å². The zero-order chi connectivity index (χ0) is 16.4. The Kier molecular flexibility index (Phi) is 5.06. The molecule has 0 aromatic carbocycles. The number of rotatable bonds is 6. The predicted molar refractivity (Wildman–Crippen MR) is 72.4 cm³/mol. The van der Waals surface area contributed by atoms with Gasteiger partial charge in [-0.15, -0.1) is 0 Å². The molecule has 1 radical (unpaired) electrons. The van der Waals surface area contributed by atoms with Crippen LogP contribution in [0.1, 0.15) is 20.3 Å². The van der Waals surface area contributed by atoms with Crippen molar-refractivity contribution < 1.29 is 23.9 Å². The van der Waals surface area contributed by atoms with E-state index in [0.717, 1.165) is 4.90 Å². The van der Waals surface area contributed by atoms with Crippen molar-refractivity contribution >= 4 is 23.5 Å². The Labute approximate surface area is 122 Å². The van der Waals surface area contributed by atoms with Gasteiger partial charge in [-0.1, -0.05) is 13.8 Å². The number of hydrogen-bond acceptors (Lipinski definition) is 5. The van der Waals surface area contributed by atoms with Crippen LogP contribution < -0.4 is 11.5 Å². The van der Waals surface area contributed by atoms with E-state index in [0.29, 0.717) is 0 Å². The molecule has 117 valence electrons. The maximum absolute atomic E-state index is 12.1. The Morgan fingerprint density at radius 2 is 1.95 bits per heavy atom. The molecule has 1 heterocycles. The van der Waals surface area contributed by atoms with Gasteiger partial charge < -0.3 is 21.1 Å². The number of nitrogens with zero attached hydrogens (tertiary/aromatic N) is 1. The monoisotopic (exact) mass is 298 g/mol. The van der Waals surface area contributed by atoms with Gasteiger partial charge in [0, 0.05) is 12.5 Å².